The molecule has 2 heterocycles. The Morgan fingerprint density at radius 3 is 2.38 bits per heavy atom. The van der Waals surface area contributed by atoms with E-state index in [1.54, 1.807) is 74.1 Å². The standard InChI is InChI=1S/C28H23F2N5O3S/c1-16-24(27(38)35(33(16)3)19-9-5-4-6-10-19)32-25(36)17(2)39-28-31-22-12-8-7-11-20(22)26(37)34(28)23-14-13-18(29)15-21(23)30/h4-15,17H,1-3H3,(H,32,36). The fourth-order valence-corrected chi connectivity index (χ4v) is 5.14. The van der Waals surface area contributed by atoms with Gasteiger partial charge in [0.15, 0.2) is 5.16 Å². The second-order valence-corrected chi connectivity index (χ2v) is 10.1. The predicted molar refractivity (Wildman–Crippen MR) is 147 cm³/mol. The maximum absolute atomic E-state index is 14.8. The van der Waals surface area contributed by atoms with Gasteiger partial charge in [-0.15, -0.1) is 0 Å². The summed E-state index contributed by atoms with van der Waals surface area (Å²) >= 11 is 0.917. The number of para-hydroxylation sites is 2. The molecule has 0 aliphatic carbocycles. The summed E-state index contributed by atoms with van der Waals surface area (Å²) in [4.78, 5) is 44.4. The number of thioether (sulfide) groups is 1. The van der Waals surface area contributed by atoms with Crippen LogP contribution in [0.25, 0.3) is 22.3 Å². The minimum atomic E-state index is -0.950. The number of aromatic nitrogens is 4. The lowest BCUT2D eigenvalue weighted by molar-refractivity contribution is -0.115. The van der Waals surface area contributed by atoms with Crippen LogP contribution in [0, 0.1) is 18.6 Å². The summed E-state index contributed by atoms with van der Waals surface area (Å²) < 4.78 is 32.5. The zero-order chi connectivity index (χ0) is 27.8. The number of halogens is 2. The molecular weight excluding hydrogens is 524 g/mol. The van der Waals surface area contributed by atoms with E-state index in [1.807, 2.05) is 6.07 Å². The van der Waals surface area contributed by atoms with Gasteiger partial charge in [0.1, 0.15) is 17.3 Å². The van der Waals surface area contributed by atoms with Gasteiger partial charge in [0.2, 0.25) is 5.91 Å². The van der Waals surface area contributed by atoms with Gasteiger partial charge in [0.25, 0.3) is 11.1 Å². The molecule has 3 aromatic carbocycles. The van der Waals surface area contributed by atoms with Crippen LogP contribution in [0.1, 0.15) is 12.6 Å². The summed E-state index contributed by atoms with van der Waals surface area (Å²) in [7, 11) is 1.71. The van der Waals surface area contributed by atoms with Gasteiger partial charge >= 0.3 is 0 Å². The largest absolute Gasteiger partial charge is 0.319 e. The lowest BCUT2D eigenvalue weighted by Gasteiger charge is -2.16. The van der Waals surface area contributed by atoms with Gasteiger partial charge in [-0.05, 0) is 50.2 Å². The molecule has 1 N–H and O–H groups in total. The Kier molecular flexibility index (Phi) is 6.92. The highest BCUT2D eigenvalue weighted by atomic mass is 32.2. The molecule has 0 fully saturated rings. The van der Waals surface area contributed by atoms with Crippen LogP contribution in [0.2, 0.25) is 0 Å². The van der Waals surface area contributed by atoms with Crippen LogP contribution in [0.3, 0.4) is 0 Å². The minimum absolute atomic E-state index is 0.0401. The molecule has 0 radical (unpaired) electrons. The lowest BCUT2D eigenvalue weighted by atomic mass is 10.2. The van der Waals surface area contributed by atoms with Crippen molar-refractivity contribution in [3.8, 4) is 11.4 Å². The molecule has 8 nitrogen and oxygen atoms in total. The van der Waals surface area contributed by atoms with E-state index in [9.17, 15) is 23.2 Å². The van der Waals surface area contributed by atoms with Crippen LogP contribution >= 0.6 is 11.8 Å². The second kappa shape index (κ2) is 10.3. The first-order valence-electron chi connectivity index (χ1n) is 12.0. The topological polar surface area (TPSA) is 90.9 Å². The number of rotatable bonds is 6. The number of fused-ring (bicyclic) bond motifs is 1. The summed E-state index contributed by atoms with van der Waals surface area (Å²) in [6, 6.07) is 18.4. The third-order valence-electron chi connectivity index (χ3n) is 6.35. The average molecular weight is 548 g/mol. The molecular formula is C28H23F2N5O3S. The molecule has 2 aromatic heterocycles. The van der Waals surface area contributed by atoms with Crippen molar-refractivity contribution in [2.75, 3.05) is 5.32 Å². The van der Waals surface area contributed by atoms with Gasteiger partial charge in [0, 0.05) is 13.1 Å². The van der Waals surface area contributed by atoms with E-state index in [-0.39, 0.29) is 21.9 Å². The zero-order valence-corrected chi connectivity index (χ0v) is 22.0. The molecule has 0 aliphatic rings. The third-order valence-corrected chi connectivity index (χ3v) is 7.40. The number of nitrogens with zero attached hydrogens (tertiary/aromatic N) is 4. The highest BCUT2D eigenvalue weighted by molar-refractivity contribution is 8.00. The van der Waals surface area contributed by atoms with Crippen LogP contribution in [0.15, 0.2) is 87.5 Å². The highest BCUT2D eigenvalue weighted by Crippen LogP contribution is 2.27. The third kappa shape index (κ3) is 4.76. The van der Waals surface area contributed by atoms with E-state index in [4.69, 9.17) is 0 Å². The number of benzene rings is 3. The molecule has 5 aromatic rings. The van der Waals surface area contributed by atoms with E-state index >= 15 is 0 Å². The Bertz CT molecular complexity index is 1850. The van der Waals surface area contributed by atoms with Gasteiger partial charge in [0.05, 0.1) is 33.2 Å². The van der Waals surface area contributed by atoms with E-state index < -0.39 is 33.9 Å². The number of hydrogen-bond acceptors (Lipinski definition) is 5. The predicted octanol–water partition coefficient (Wildman–Crippen LogP) is 4.58. The summed E-state index contributed by atoms with van der Waals surface area (Å²) in [5.74, 6) is -2.26. The van der Waals surface area contributed by atoms with Crippen molar-refractivity contribution < 1.29 is 13.6 Å². The van der Waals surface area contributed by atoms with E-state index in [1.165, 1.54) is 4.68 Å². The molecule has 1 atom stereocenters. The fraction of sp³-hybridized carbons (Fsp3) is 0.143. The number of hydrogen-bond donors (Lipinski definition) is 1. The molecule has 198 valence electrons. The maximum atomic E-state index is 14.8. The number of nitrogens with one attached hydrogen (secondary N) is 1. The van der Waals surface area contributed by atoms with Crippen molar-refractivity contribution in [1.29, 1.82) is 0 Å². The van der Waals surface area contributed by atoms with Crippen LogP contribution in [-0.2, 0) is 11.8 Å². The molecule has 0 saturated heterocycles. The molecule has 0 saturated carbocycles. The fourth-order valence-electron chi connectivity index (χ4n) is 4.22. The first-order valence-corrected chi connectivity index (χ1v) is 12.8. The minimum Gasteiger partial charge on any atom is -0.319 e. The number of amides is 1. The van der Waals surface area contributed by atoms with Crippen molar-refractivity contribution in [2.24, 2.45) is 7.05 Å². The van der Waals surface area contributed by atoms with Crippen LogP contribution in [-0.4, -0.2) is 30.1 Å². The van der Waals surface area contributed by atoms with Crippen molar-refractivity contribution in [3.63, 3.8) is 0 Å². The summed E-state index contributed by atoms with van der Waals surface area (Å²) in [6.45, 7) is 3.30. The highest BCUT2D eigenvalue weighted by Gasteiger charge is 2.25. The van der Waals surface area contributed by atoms with E-state index in [0.717, 1.165) is 28.5 Å². The van der Waals surface area contributed by atoms with Crippen molar-refractivity contribution in [2.45, 2.75) is 24.3 Å². The quantitative estimate of drug-likeness (QED) is 0.248. The van der Waals surface area contributed by atoms with Crippen LogP contribution in [0.5, 0.6) is 0 Å². The van der Waals surface area contributed by atoms with Gasteiger partial charge in [-0.3, -0.25) is 23.6 Å². The summed E-state index contributed by atoms with van der Waals surface area (Å²) in [5, 5.41) is 2.14. The Morgan fingerprint density at radius 2 is 1.67 bits per heavy atom. The second-order valence-electron chi connectivity index (χ2n) is 8.83. The number of anilines is 1. The maximum Gasteiger partial charge on any atom is 0.295 e. The summed E-state index contributed by atoms with van der Waals surface area (Å²) in [6.07, 6.45) is 0. The molecule has 0 bridgehead atoms. The molecule has 0 spiro atoms. The monoisotopic (exact) mass is 547 g/mol. The smallest absolute Gasteiger partial charge is 0.295 e. The normalized spacial score (nSPS) is 12.0. The molecule has 39 heavy (non-hydrogen) atoms. The number of carbonyl (C=O) groups is 1. The lowest BCUT2D eigenvalue weighted by Crippen LogP contribution is -2.29. The van der Waals surface area contributed by atoms with Crippen LogP contribution < -0.4 is 16.4 Å². The van der Waals surface area contributed by atoms with Gasteiger partial charge in [-0.25, -0.2) is 18.4 Å². The zero-order valence-electron chi connectivity index (χ0n) is 21.2. The Balaban J connectivity index is 1.51. The number of carbonyl (C=O) groups excluding carboxylic acids is 1. The molecule has 11 heteroatoms. The van der Waals surface area contributed by atoms with Gasteiger partial charge in [-0.2, -0.15) is 0 Å². The van der Waals surface area contributed by atoms with E-state index in [0.29, 0.717) is 23.0 Å². The van der Waals surface area contributed by atoms with Crippen molar-refractivity contribution in [1.82, 2.24) is 18.9 Å². The van der Waals surface area contributed by atoms with Crippen molar-refractivity contribution >= 4 is 34.3 Å². The Morgan fingerprint density at radius 1 is 0.974 bits per heavy atom. The summed E-state index contributed by atoms with van der Waals surface area (Å²) in [5.41, 5.74) is 0.504. The first-order chi connectivity index (χ1) is 18.7. The molecule has 5 rings (SSSR count). The Labute approximate surface area is 225 Å². The molecule has 1 amide bonds. The first kappa shape index (κ1) is 26.1. The SMILES string of the molecule is Cc1c(NC(=O)C(C)Sc2nc3ccccc3c(=O)n2-c2ccc(F)cc2F)c(=O)n(-c2ccccc2)n1C. The Hall–Kier alpha value is -4.51. The average Bonchev–Trinajstić information content (AvgIpc) is 3.13. The van der Waals surface area contributed by atoms with Crippen molar-refractivity contribution in [3.05, 3.63) is 111 Å². The van der Waals surface area contributed by atoms with E-state index in [2.05, 4.69) is 10.3 Å². The van der Waals surface area contributed by atoms with Crippen LogP contribution in [0.4, 0.5) is 14.5 Å². The van der Waals surface area contributed by atoms with Gasteiger partial charge < -0.3 is 5.32 Å². The molecule has 0 aliphatic heterocycles. The van der Waals surface area contributed by atoms with Gasteiger partial charge in [-0.1, -0.05) is 42.1 Å². The molecule has 1 unspecified atom stereocenters.